The van der Waals surface area contributed by atoms with Crippen LogP contribution in [0.4, 0.5) is 5.69 Å². The van der Waals surface area contributed by atoms with Gasteiger partial charge in [-0.05, 0) is 32.9 Å². The number of nitrogens with one attached hydrogen (secondary N) is 1. The number of aromatic nitrogens is 1. The second-order valence-electron chi connectivity index (χ2n) is 6.90. The van der Waals surface area contributed by atoms with Gasteiger partial charge in [0, 0.05) is 13.5 Å². The van der Waals surface area contributed by atoms with Crippen LogP contribution in [-0.2, 0) is 9.53 Å². The van der Waals surface area contributed by atoms with Crippen LogP contribution in [0.2, 0.25) is 0 Å². The molecule has 8 heteroatoms. The largest absolute Gasteiger partial charge is 0.490 e. The molecular formula is C19H25N3O5. The number of anilines is 1. The van der Waals surface area contributed by atoms with E-state index in [1.807, 2.05) is 13.8 Å². The normalized spacial score (nSPS) is 11.4. The number of fused-ring (bicyclic) bond motifs is 1. The molecule has 0 spiro atoms. The Morgan fingerprint density at radius 1 is 1.33 bits per heavy atom. The van der Waals surface area contributed by atoms with Crippen LogP contribution in [0.1, 0.15) is 36.3 Å². The number of hydrogen-bond donors (Lipinski definition) is 3. The molecule has 0 saturated carbocycles. The van der Waals surface area contributed by atoms with E-state index in [0.29, 0.717) is 29.0 Å². The average Bonchev–Trinajstić information content (AvgIpc) is 2.57. The molecule has 0 aliphatic heterocycles. The summed E-state index contributed by atoms with van der Waals surface area (Å²) < 4.78 is 10.8. The van der Waals surface area contributed by atoms with Crippen molar-refractivity contribution in [3.8, 4) is 5.75 Å². The van der Waals surface area contributed by atoms with Gasteiger partial charge in [0.25, 0.3) is 0 Å². The van der Waals surface area contributed by atoms with Crippen LogP contribution < -0.4 is 15.8 Å². The first kappa shape index (κ1) is 20.4. The predicted octanol–water partition coefficient (Wildman–Crippen LogP) is 2.13. The maximum absolute atomic E-state index is 11.9. The fourth-order valence-corrected chi connectivity index (χ4v) is 2.76. The number of carboxylic acid groups (broad SMARTS) is 1. The SMILES string of the molecule is COCCC(=O)NC(C)(C)COc1cccc2nc(C)c(C(=O)O)c(N)c12. The summed E-state index contributed by atoms with van der Waals surface area (Å²) in [5, 5.41) is 12.7. The Labute approximate surface area is 157 Å². The Morgan fingerprint density at radius 3 is 2.67 bits per heavy atom. The molecule has 1 aromatic carbocycles. The van der Waals surface area contributed by atoms with Crippen molar-refractivity contribution in [1.82, 2.24) is 10.3 Å². The monoisotopic (exact) mass is 375 g/mol. The molecule has 0 radical (unpaired) electrons. The number of hydrogen-bond acceptors (Lipinski definition) is 6. The fraction of sp³-hybridized carbons (Fsp3) is 0.421. The molecule has 4 N–H and O–H groups in total. The van der Waals surface area contributed by atoms with Crippen molar-refractivity contribution in [2.24, 2.45) is 0 Å². The lowest BCUT2D eigenvalue weighted by Crippen LogP contribution is -2.48. The third kappa shape index (κ3) is 4.85. The van der Waals surface area contributed by atoms with Crippen LogP contribution in [0.3, 0.4) is 0 Å². The number of carbonyl (C=O) groups is 2. The zero-order valence-electron chi connectivity index (χ0n) is 16.0. The molecule has 0 atom stereocenters. The lowest BCUT2D eigenvalue weighted by Gasteiger charge is -2.27. The topological polar surface area (TPSA) is 124 Å². The third-order valence-electron chi connectivity index (χ3n) is 4.01. The summed E-state index contributed by atoms with van der Waals surface area (Å²) in [4.78, 5) is 27.7. The van der Waals surface area contributed by atoms with Crippen molar-refractivity contribution < 1.29 is 24.2 Å². The molecular weight excluding hydrogens is 350 g/mol. The van der Waals surface area contributed by atoms with Gasteiger partial charge in [0.2, 0.25) is 5.91 Å². The van der Waals surface area contributed by atoms with Gasteiger partial charge in [-0.2, -0.15) is 0 Å². The lowest BCUT2D eigenvalue weighted by molar-refractivity contribution is -0.123. The summed E-state index contributed by atoms with van der Waals surface area (Å²) in [6.07, 6.45) is 0.256. The van der Waals surface area contributed by atoms with Gasteiger partial charge in [-0.3, -0.25) is 9.78 Å². The summed E-state index contributed by atoms with van der Waals surface area (Å²) in [7, 11) is 1.54. The second-order valence-corrected chi connectivity index (χ2v) is 6.90. The number of rotatable bonds is 8. The van der Waals surface area contributed by atoms with E-state index in [1.165, 1.54) is 7.11 Å². The number of benzene rings is 1. The van der Waals surface area contributed by atoms with E-state index in [0.717, 1.165) is 0 Å². The summed E-state index contributed by atoms with van der Waals surface area (Å²) in [5.41, 5.74) is 6.44. The number of ether oxygens (including phenoxy) is 2. The minimum atomic E-state index is -1.14. The van der Waals surface area contributed by atoms with E-state index in [4.69, 9.17) is 15.2 Å². The number of aromatic carboxylic acids is 1. The number of pyridine rings is 1. The number of nitrogens with zero attached hydrogens (tertiary/aromatic N) is 1. The van der Waals surface area contributed by atoms with Gasteiger partial charge >= 0.3 is 5.97 Å². The van der Waals surface area contributed by atoms with Gasteiger partial charge in [0.15, 0.2) is 0 Å². The van der Waals surface area contributed by atoms with Gasteiger partial charge in [-0.25, -0.2) is 4.79 Å². The summed E-state index contributed by atoms with van der Waals surface area (Å²) in [6.45, 7) is 5.77. The first-order valence-electron chi connectivity index (χ1n) is 8.51. The van der Waals surface area contributed by atoms with Crippen LogP contribution in [0.25, 0.3) is 10.9 Å². The van der Waals surface area contributed by atoms with Crippen LogP contribution in [0, 0.1) is 6.92 Å². The molecule has 1 heterocycles. The summed E-state index contributed by atoms with van der Waals surface area (Å²) >= 11 is 0. The molecule has 0 aliphatic carbocycles. The molecule has 8 nitrogen and oxygen atoms in total. The lowest BCUT2D eigenvalue weighted by atomic mass is 10.0. The molecule has 0 fully saturated rings. The van der Waals surface area contributed by atoms with Crippen molar-refractivity contribution >= 4 is 28.5 Å². The highest BCUT2D eigenvalue weighted by molar-refractivity contribution is 6.06. The quantitative estimate of drug-likeness (QED) is 0.645. The molecule has 2 rings (SSSR count). The molecule has 146 valence electrons. The van der Waals surface area contributed by atoms with Crippen LogP contribution in [0.5, 0.6) is 5.75 Å². The zero-order chi connectivity index (χ0) is 20.2. The van der Waals surface area contributed by atoms with E-state index < -0.39 is 11.5 Å². The Balaban J connectivity index is 2.27. The maximum atomic E-state index is 11.9. The molecule has 2 aromatic rings. The zero-order valence-corrected chi connectivity index (χ0v) is 16.0. The van der Waals surface area contributed by atoms with Crippen molar-refractivity contribution in [3.63, 3.8) is 0 Å². The van der Waals surface area contributed by atoms with Crippen molar-refractivity contribution in [2.75, 3.05) is 26.1 Å². The van der Waals surface area contributed by atoms with Gasteiger partial charge in [0.1, 0.15) is 17.9 Å². The first-order valence-corrected chi connectivity index (χ1v) is 8.51. The van der Waals surface area contributed by atoms with Crippen molar-refractivity contribution in [3.05, 3.63) is 29.5 Å². The van der Waals surface area contributed by atoms with E-state index in [9.17, 15) is 14.7 Å². The van der Waals surface area contributed by atoms with E-state index in [1.54, 1.807) is 25.1 Å². The Kier molecular flexibility index (Phi) is 6.22. The molecule has 0 aliphatic rings. The van der Waals surface area contributed by atoms with Crippen LogP contribution >= 0.6 is 0 Å². The molecule has 0 saturated heterocycles. The van der Waals surface area contributed by atoms with E-state index >= 15 is 0 Å². The predicted molar refractivity (Wildman–Crippen MR) is 102 cm³/mol. The van der Waals surface area contributed by atoms with Gasteiger partial charge < -0.3 is 25.6 Å². The number of aryl methyl sites for hydroxylation is 1. The maximum Gasteiger partial charge on any atom is 0.339 e. The summed E-state index contributed by atoms with van der Waals surface area (Å²) in [5.74, 6) is -0.868. The number of methoxy groups -OCH3 is 1. The standard InChI is InChI=1S/C19H25N3O5/c1-11-15(18(24)25)17(20)16-12(21-11)6-5-7-13(16)27-10-19(2,3)22-14(23)8-9-26-4/h5-7H,8-10H2,1-4H3,(H2,20,21)(H,22,23)(H,24,25). The molecule has 0 unspecified atom stereocenters. The number of carboxylic acids is 1. The Hall–Kier alpha value is -2.87. The van der Waals surface area contributed by atoms with Gasteiger partial charge in [0.05, 0.1) is 34.4 Å². The fourth-order valence-electron chi connectivity index (χ4n) is 2.76. The van der Waals surface area contributed by atoms with E-state index in [2.05, 4.69) is 10.3 Å². The molecule has 0 bridgehead atoms. The minimum absolute atomic E-state index is 0.0364. The number of nitrogens with two attached hydrogens (primary N) is 1. The number of amides is 1. The molecule has 27 heavy (non-hydrogen) atoms. The first-order chi connectivity index (χ1) is 12.7. The molecule has 1 amide bonds. The average molecular weight is 375 g/mol. The Morgan fingerprint density at radius 2 is 2.04 bits per heavy atom. The smallest absolute Gasteiger partial charge is 0.339 e. The summed E-state index contributed by atoms with van der Waals surface area (Å²) in [6, 6.07) is 5.20. The van der Waals surface area contributed by atoms with Gasteiger partial charge in [-0.1, -0.05) is 6.07 Å². The van der Waals surface area contributed by atoms with Crippen molar-refractivity contribution in [1.29, 1.82) is 0 Å². The third-order valence-corrected chi connectivity index (χ3v) is 4.01. The van der Waals surface area contributed by atoms with Crippen molar-refractivity contribution in [2.45, 2.75) is 32.7 Å². The number of nitrogen functional groups attached to an aromatic ring is 1. The highest BCUT2D eigenvalue weighted by Crippen LogP contribution is 2.33. The van der Waals surface area contributed by atoms with Crippen LogP contribution in [0.15, 0.2) is 18.2 Å². The molecule has 1 aromatic heterocycles. The minimum Gasteiger partial charge on any atom is -0.490 e. The second kappa shape index (κ2) is 8.22. The van der Waals surface area contributed by atoms with Gasteiger partial charge in [-0.15, -0.1) is 0 Å². The highest BCUT2D eigenvalue weighted by Gasteiger charge is 2.23. The van der Waals surface area contributed by atoms with Crippen LogP contribution in [-0.4, -0.2) is 47.8 Å². The Bertz CT molecular complexity index is 864. The highest BCUT2D eigenvalue weighted by atomic mass is 16.5. The van der Waals surface area contributed by atoms with E-state index in [-0.39, 0.29) is 30.2 Å². The number of carbonyl (C=O) groups excluding carboxylic acids is 1.